The standard InChI is InChI=1S/C12H16FNO2S.ClH/c1-2-17(15,16)12-4-3-9-5-11(7-13)14-8-10(9)6-12;/h3-4,6,11,14H,2,5,7-8H2,1H3;1H. The summed E-state index contributed by atoms with van der Waals surface area (Å²) in [5.74, 6) is 0.103. The van der Waals surface area contributed by atoms with Crippen molar-refractivity contribution in [3.63, 3.8) is 0 Å². The summed E-state index contributed by atoms with van der Waals surface area (Å²) in [6.07, 6.45) is 0.623. The van der Waals surface area contributed by atoms with Crippen LogP contribution in [0.15, 0.2) is 23.1 Å². The summed E-state index contributed by atoms with van der Waals surface area (Å²) in [5, 5.41) is 3.05. The van der Waals surface area contributed by atoms with Crippen molar-refractivity contribution in [3.8, 4) is 0 Å². The van der Waals surface area contributed by atoms with Crippen LogP contribution in [-0.2, 0) is 22.8 Å². The zero-order chi connectivity index (χ0) is 12.5. The molecular weight excluding hydrogens is 277 g/mol. The van der Waals surface area contributed by atoms with E-state index in [-0.39, 0.29) is 24.2 Å². The molecule has 1 aliphatic rings. The third kappa shape index (κ3) is 3.02. The first-order valence-corrected chi connectivity index (χ1v) is 7.36. The number of benzene rings is 1. The fourth-order valence-electron chi connectivity index (χ4n) is 2.03. The van der Waals surface area contributed by atoms with Crippen LogP contribution in [0.1, 0.15) is 18.1 Å². The fourth-order valence-corrected chi connectivity index (χ4v) is 2.96. The summed E-state index contributed by atoms with van der Waals surface area (Å²) in [6.45, 7) is 1.78. The van der Waals surface area contributed by atoms with Gasteiger partial charge in [-0.3, -0.25) is 0 Å². The zero-order valence-corrected chi connectivity index (χ0v) is 11.8. The second-order valence-electron chi connectivity index (χ2n) is 4.27. The first-order valence-electron chi connectivity index (χ1n) is 5.70. The molecule has 18 heavy (non-hydrogen) atoms. The lowest BCUT2D eigenvalue weighted by Gasteiger charge is -2.24. The molecule has 0 spiro atoms. The van der Waals surface area contributed by atoms with Crippen molar-refractivity contribution < 1.29 is 12.8 Å². The Morgan fingerprint density at radius 3 is 2.72 bits per heavy atom. The van der Waals surface area contributed by atoms with Gasteiger partial charge in [0.1, 0.15) is 6.67 Å². The maximum Gasteiger partial charge on any atom is 0.178 e. The predicted molar refractivity (Wildman–Crippen MR) is 71.7 cm³/mol. The maximum absolute atomic E-state index is 12.5. The molecule has 3 nitrogen and oxygen atoms in total. The number of alkyl halides is 1. The van der Waals surface area contributed by atoms with Crippen LogP contribution in [0.2, 0.25) is 0 Å². The third-order valence-corrected chi connectivity index (χ3v) is 4.88. The van der Waals surface area contributed by atoms with E-state index in [1.807, 2.05) is 0 Å². The first kappa shape index (κ1) is 15.4. The lowest BCUT2D eigenvalue weighted by Crippen LogP contribution is -2.37. The molecule has 2 rings (SSSR count). The van der Waals surface area contributed by atoms with E-state index in [2.05, 4.69) is 5.32 Å². The molecule has 1 atom stereocenters. The molecule has 0 saturated heterocycles. The van der Waals surface area contributed by atoms with Gasteiger partial charge in [-0.25, -0.2) is 12.8 Å². The summed E-state index contributed by atoms with van der Waals surface area (Å²) in [5.41, 5.74) is 2.01. The van der Waals surface area contributed by atoms with Crippen molar-refractivity contribution in [3.05, 3.63) is 29.3 Å². The van der Waals surface area contributed by atoms with Gasteiger partial charge in [0.05, 0.1) is 10.6 Å². The van der Waals surface area contributed by atoms with Crippen LogP contribution in [0.5, 0.6) is 0 Å². The minimum atomic E-state index is -3.15. The zero-order valence-electron chi connectivity index (χ0n) is 10.1. The van der Waals surface area contributed by atoms with Gasteiger partial charge in [0.2, 0.25) is 0 Å². The number of halogens is 2. The molecule has 1 aliphatic heterocycles. The Kier molecular flexibility index (Phi) is 5.13. The molecular formula is C12H17ClFNO2S. The molecule has 1 N–H and O–H groups in total. The predicted octanol–water partition coefficient (Wildman–Crippen LogP) is 1.89. The van der Waals surface area contributed by atoms with Gasteiger partial charge in [-0.1, -0.05) is 13.0 Å². The highest BCUT2D eigenvalue weighted by Gasteiger charge is 2.20. The van der Waals surface area contributed by atoms with Crippen LogP contribution in [-0.4, -0.2) is 26.9 Å². The Hall–Kier alpha value is -0.650. The summed E-state index contributed by atoms with van der Waals surface area (Å²) in [4.78, 5) is 0.360. The van der Waals surface area contributed by atoms with Crippen LogP contribution in [0.4, 0.5) is 4.39 Å². The lowest BCUT2D eigenvalue weighted by atomic mass is 9.96. The monoisotopic (exact) mass is 293 g/mol. The topological polar surface area (TPSA) is 46.2 Å². The minimum Gasteiger partial charge on any atom is -0.307 e. The van der Waals surface area contributed by atoms with Crippen molar-refractivity contribution in [2.24, 2.45) is 0 Å². The second kappa shape index (κ2) is 5.99. The molecule has 0 fully saturated rings. The molecule has 0 aliphatic carbocycles. The number of fused-ring (bicyclic) bond motifs is 1. The lowest BCUT2D eigenvalue weighted by molar-refractivity contribution is 0.358. The van der Waals surface area contributed by atoms with E-state index in [0.717, 1.165) is 11.1 Å². The quantitative estimate of drug-likeness (QED) is 0.926. The van der Waals surface area contributed by atoms with Gasteiger partial charge in [-0.15, -0.1) is 12.4 Å². The van der Waals surface area contributed by atoms with Gasteiger partial charge in [0.25, 0.3) is 0 Å². The van der Waals surface area contributed by atoms with Gasteiger partial charge >= 0.3 is 0 Å². The fraction of sp³-hybridized carbons (Fsp3) is 0.500. The molecule has 1 unspecified atom stereocenters. The number of hydrogen-bond donors (Lipinski definition) is 1. The average molecular weight is 294 g/mol. The van der Waals surface area contributed by atoms with Crippen LogP contribution in [0, 0.1) is 0 Å². The highest BCUT2D eigenvalue weighted by Crippen LogP contribution is 2.21. The summed E-state index contributed by atoms with van der Waals surface area (Å²) < 4.78 is 36.0. The van der Waals surface area contributed by atoms with E-state index in [9.17, 15) is 12.8 Å². The van der Waals surface area contributed by atoms with Gasteiger partial charge < -0.3 is 5.32 Å². The highest BCUT2D eigenvalue weighted by molar-refractivity contribution is 7.91. The van der Waals surface area contributed by atoms with Crippen LogP contribution in [0.25, 0.3) is 0 Å². The Bertz CT molecular complexity index is 519. The first-order chi connectivity index (χ1) is 8.06. The number of sulfone groups is 1. The number of rotatable bonds is 3. The number of nitrogens with one attached hydrogen (secondary N) is 1. The Morgan fingerprint density at radius 2 is 2.11 bits per heavy atom. The third-order valence-electron chi connectivity index (χ3n) is 3.15. The molecule has 0 bridgehead atoms. The van der Waals surface area contributed by atoms with Gasteiger partial charge in [0, 0.05) is 12.6 Å². The van der Waals surface area contributed by atoms with E-state index < -0.39 is 16.5 Å². The number of hydrogen-bond acceptors (Lipinski definition) is 3. The Balaban J connectivity index is 0.00000162. The van der Waals surface area contributed by atoms with Crippen molar-refractivity contribution in [1.29, 1.82) is 0 Å². The molecule has 0 aromatic heterocycles. The second-order valence-corrected chi connectivity index (χ2v) is 6.55. The summed E-state index contributed by atoms with van der Waals surface area (Å²) in [7, 11) is -3.15. The highest BCUT2D eigenvalue weighted by atomic mass is 35.5. The van der Waals surface area contributed by atoms with Gasteiger partial charge in [-0.2, -0.15) is 0 Å². The van der Waals surface area contributed by atoms with Gasteiger partial charge in [0.15, 0.2) is 9.84 Å². The van der Waals surface area contributed by atoms with E-state index >= 15 is 0 Å². The van der Waals surface area contributed by atoms with Crippen LogP contribution in [0.3, 0.4) is 0 Å². The van der Waals surface area contributed by atoms with E-state index in [0.29, 0.717) is 17.9 Å². The Morgan fingerprint density at radius 1 is 1.39 bits per heavy atom. The normalized spacial score (nSPS) is 18.9. The maximum atomic E-state index is 12.5. The average Bonchev–Trinajstić information content (AvgIpc) is 2.37. The molecule has 1 heterocycles. The van der Waals surface area contributed by atoms with Crippen molar-refractivity contribution in [2.75, 3.05) is 12.4 Å². The summed E-state index contributed by atoms with van der Waals surface area (Å²) >= 11 is 0. The SMILES string of the molecule is CCS(=O)(=O)c1ccc2c(c1)CNC(CF)C2.Cl. The molecule has 0 saturated carbocycles. The molecule has 1 aromatic carbocycles. The van der Waals surface area contributed by atoms with Crippen LogP contribution >= 0.6 is 12.4 Å². The Labute approximate surface area is 113 Å². The van der Waals surface area contributed by atoms with Crippen LogP contribution < -0.4 is 5.32 Å². The van der Waals surface area contributed by atoms with E-state index in [1.165, 1.54) is 0 Å². The summed E-state index contributed by atoms with van der Waals surface area (Å²) in [6, 6.07) is 4.99. The smallest absolute Gasteiger partial charge is 0.178 e. The van der Waals surface area contributed by atoms with Crippen molar-refractivity contribution >= 4 is 22.2 Å². The van der Waals surface area contributed by atoms with Gasteiger partial charge in [-0.05, 0) is 29.7 Å². The van der Waals surface area contributed by atoms with Crippen molar-refractivity contribution in [2.45, 2.75) is 30.8 Å². The molecule has 102 valence electrons. The molecule has 0 radical (unpaired) electrons. The molecule has 0 amide bonds. The van der Waals surface area contributed by atoms with E-state index in [4.69, 9.17) is 0 Å². The molecule has 1 aromatic rings. The van der Waals surface area contributed by atoms with E-state index in [1.54, 1.807) is 25.1 Å². The van der Waals surface area contributed by atoms with Crippen molar-refractivity contribution in [1.82, 2.24) is 5.32 Å². The largest absolute Gasteiger partial charge is 0.307 e. The minimum absolute atomic E-state index is 0. The molecule has 6 heteroatoms.